The SMILES string of the molecule is CC1(COc2ncc(O)cc2Cl)CC1. The second-order valence-electron chi connectivity index (χ2n) is 4.08. The maximum Gasteiger partial charge on any atom is 0.232 e. The van der Waals surface area contributed by atoms with Crippen LogP contribution in [0.4, 0.5) is 0 Å². The van der Waals surface area contributed by atoms with E-state index in [9.17, 15) is 0 Å². The zero-order chi connectivity index (χ0) is 10.2. The van der Waals surface area contributed by atoms with E-state index in [0.29, 0.717) is 22.9 Å². The summed E-state index contributed by atoms with van der Waals surface area (Å²) in [4.78, 5) is 3.90. The van der Waals surface area contributed by atoms with Crippen molar-refractivity contribution in [2.75, 3.05) is 6.61 Å². The van der Waals surface area contributed by atoms with E-state index in [4.69, 9.17) is 21.4 Å². The van der Waals surface area contributed by atoms with Crippen molar-refractivity contribution in [3.05, 3.63) is 17.3 Å². The quantitative estimate of drug-likeness (QED) is 0.840. The van der Waals surface area contributed by atoms with Crippen molar-refractivity contribution < 1.29 is 9.84 Å². The first-order valence-electron chi connectivity index (χ1n) is 4.56. The van der Waals surface area contributed by atoms with Gasteiger partial charge in [0.2, 0.25) is 5.88 Å². The number of nitrogens with zero attached hydrogens (tertiary/aromatic N) is 1. The van der Waals surface area contributed by atoms with Crippen molar-refractivity contribution in [3.63, 3.8) is 0 Å². The van der Waals surface area contributed by atoms with Gasteiger partial charge in [-0.15, -0.1) is 0 Å². The first kappa shape index (κ1) is 9.59. The lowest BCUT2D eigenvalue weighted by molar-refractivity contribution is 0.238. The lowest BCUT2D eigenvalue weighted by atomic mass is 10.2. The molecule has 4 heteroatoms. The maximum atomic E-state index is 9.08. The summed E-state index contributed by atoms with van der Waals surface area (Å²) in [6.07, 6.45) is 3.72. The predicted octanol–water partition coefficient (Wildman–Crippen LogP) is 2.62. The fourth-order valence-electron chi connectivity index (χ4n) is 1.12. The average Bonchev–Trinajstić information content (AvgIpc) is 2.83. The first-order valence-corrected chi connectivity index (χ1v) is 4.94. The smallest absolute Gasteiger partial charge is 0.232 e. The standard InChI is InChI=1S/C10H12ClNO2/c1-10(2-3-10)6-14-9-8(11)4-7(13)5-12-9/h4-5,13H,2-3,6H2,1H3. The Kier molecular flexibility index (Phi) is 2.27. The third kappa shape index (κ3) is 2.10. The molecule has 1 aromatic rings. The predicted molar refractivity (Wildman–Crippen MR) is 53.7 cm³/mol. The fraction of sp³-hybridized carbons (Fsp3) is 0.500. The zero-order valence-electron chi connectivity index (χ0n) is 7.96. The van der Waals surface area contributed by atoms with Crippen LogP contribution < -0.4 is 4.74 Å². The lowest BCUT2D eigenvalue weighted by Crippen LogP contribution is -2.09. The van der Waals surface area contributed by atoms with Gasteiger partial charge >= 0.3 is 0 Å². The summed E-state index contributed by atoms with van der Waals surface area (Å²) in [5.74, 6) is 0.456. The van der Waals surface area contributed by atoms with Gasteiger partial charge in [0.25, 0.3) is 0 Å². The normalized spacial score (nSPS) is 17.9. The molecule has 3 nitrogen and oxygen atoms in total. The number of hydrogen-bond donors (Lipinski definition) is 1. The molecule has 1 aliphatic carbocycles. The minimum Gasteiger partial charge on any atom is -0.506 e. The highest BCUT2D eigenvalue weighted by Crippen LogP contribution is 2.45. The van der Waals surface area contributed by atoms with Gasteiger partial charge in [0.05, 0.1) is 12.8 Å². The number of halogens is 1. The molecule has 1 fully saturated rings. The molecule has 0 bridgehead atoms. The Hall–Kier alpha value is -0.960. The van der Waals surface area contributed by atoms with Gasteiger partial charge in [0, 0.05) is 11.5 Å². The highest BCUT2D eigenvalue weighted by atomic mass is 35.5. The molecule has 0 unspecified atom stereocenters. The lowest BCUT2D eigenvalue weighted by Gasteiger charge is -2.10. The number of ether oxygens (including phenoxy) is 1. The third-order valence-corrected chi connectivity index (χ3v) is 2.72. The Morgan fingerprint density at radius 1 is 1.64 bits per heavy atom. The van der Waals surface area contributed by atoms with Crippen LogP contribution in [0.5, 0.6) is 11.6 Å². The van der Waals surface area contributed by atoms with Crippen molar-refractivity contribution in [2.45, 2.75) is 19.8 Å². The molecule has 1 heterocycles. The van der Waals surface area contributed by atoms with Crippen molar-refractivity contribution in [2.24, 2.45) is 5.41 Å². The summed E-state index contributed by atoms with van der Waals surface area (Å²) in [6, 6.07) is 1.43. The maximum absolute atomic E-state index is 9.08. The number of pyridine rings is 1. The number of rotatable bonds is 3. The van der Waals surface area contributed by atoms with Gasteiger partial charge in [-0.25, -0.2) is 4.98 Å². The summed E-state index contributed by atoms with van der Waals surface area (Å²) in [7, 11) is 0. The zero-order valence-corrected chi connectivity index (χ0v) is 8.71. The summed E-state index contributed by atoms with van der Waals surface area (Å²) in [5.41, 5.74) is 0.308. The number of aromatic hydroxyl groups is 1. The van der Waals surface area contributed by atoms with Gasteiger partial charge < -0.3 is 9.84 Å². The van der Waals surface area contributed by atoms with Crippen LogP contribution in [0.2, 0.25) is 5.02 Å². The Morgan fingerprint density at radius 3 is 2.93 bits per heavy atom. The Labute approximate surface area is 87.7 Å². The van der Waals surface area contributed by atoms with Gasteiger partial charge in [0.1, 0.15) is 10.8 Å². The highest BCUT2D eigenvalue weighted by molar-refractivity contribution is 6.31. The summed E-state index contributed by atoms with van der Waals surface area (Å²) in [6.45, 7) is 2.81. The highest BCUT2D eigenvalue weighted by Gasteiger charge is 2.38. The molecule has 0 saturated heterocycles. The van der Waals surface area contributed by atoms with Crippen LogP contribution in [0, 0.1) is 5.41 Å². The fourth-order valence-corrected chi connectivity index (χ4v) is 1.34. The van der Waals surface area contributed by atoms with Crippen LogP contribution in [0.25, 0.3) is 0 Å². The molecule has 0 atom stereocenters. The van der Waals surface area contributed by atoms with E-state index in [1.807, 2.05) is 0 Å². The molecular weight excluding hydrogens is 202 g/mol. The minimum atomic E-state index is 0.0555. The van der Waals surface area contributed by atoms with Gasteiger partial charge in [-0.2, -0.15) is 0 Å². The summed E-state index contributed by atoms with van der Waals surface area (Å²) in [5, 5.41) is 9.43. The molecule has 1 aliphatic rings. The Bertz CT molecular complexity index is 350. The largest absolute Gasteiger partial charge is 0.506 e. The van der Waals surface area contributed by atoms with E-state index in [1.54, 1.807) is 0 Å². The Balaban J connectivity index is 2.02. The van der Waals surface area contributed by atoms with E-state index in [2.05, 4.69) is 11.9 Å². The molecule has 1 aromatic heterocycles. The van der Waals surface area contributed by atoms with Crippen LogP contribution >= 0.6 is 11.6 Å². The molecule has 0 radical (unpaired) electrons. The minimum absolute atomic E-state index is 0.0555. The van der Waals surface area contributed by atoms with E-state index in [-0.39, 0.29) is 5.75 Å². The van der Waals surface area contributed by atoms with E-state index in [1.165, 1.54) is 25.1 Å². The molecular formula is C10H12ClNO2. The monoisotopic (exact) mass is 213 g/mol. The van der Waals surface area contributed by atoms with Crippen LogP contribution in [-0.2, 0) is 0 Å². The summed E-state index contributed by atoms with van der Waals surface area (Å²) < 4.78 is 5.46. The van der Waals surface area contributed by atoms with Gasteiger partial charge in [-0.1, -0.05) is 18.5 Å². The average molecular weight is 214 g/mol. The van der Waals surface area contributed by atoms with Crippen molar-refractivity contribution in [1.82, 2.24) is 4.98 Å². The number of aromatic nitrogens is 1. The Morgan fingerprint density at radius 2 is 2.36 bits per heavy atom. The van der Waals surface area contributed by atoms with Crippen LogP contribution in [0.15, 0.2) is 12.3 Å². The van der Waals surface area contributed by atoms with Crippen LogP contribution in [0.1, 0.15) is 19.8 Å². The van der Waals surface area contributed by atoms with Crippen LogP contribution in [0.3, 0.4) is 0 Å². The van der Waals surface area contributed by atoms with E-state index >= 15 is 0 Å². The third-order valence-electron chi connectivity index (χ3n) is 2.45. The first-order chi connectivity index (χ1) is 6.59. The molecule has 76 valence electrons. The van der Waals surface area contributed by atoms with Crippen molar-refractivity contribution >= 4 is 11.6 Å². The molecule has 1 saturated carbocycles. The van der Waals surface area contributed by atoms with Gasteiger partial charge in [-0.05, 0) is 12.8 Å². The molecule has 0 spiro atoms. The van der Waals surface area contributed by atoms with Crippen LogP contribution in [-0.4, -0.2) is 16.7 Å². The van der Waals surface area contributed by atoms with Gasteiger partial charge in [-0.3, -0.25) is 0 Å². The molecule has 1 N–H and O–H groups in total. The van der Waals surface area contributed by atoms with E-state index < -0.39 is 0 Å². The topological polar surface area (TPSA) is 42.4 Å². The molecule has 0 amide bonds. The second kappa shape index (κ2) is 3.31. The summed E-state index contributed by atoms with van der Waals surface area (Å²) >= 11 is 5.83. The molecule has 2 rings (SSSR count). The number of hydrogen-bond acceptors (Lipinski definition) is 3. The molecule has 0 aromatic carbocycles. The van der Waals surface area contributed by atoms with Gasteiger partial charge in [0.15, 0.2) is 0 Å². The second-order valence-corrected chi connectivity index (χ2v) is 4.49. The van der Waals surface area contributed by atoms with Crippen molar-refractivity contribution in [1.29, 1.82) is 0 Å². The van der Waals surface area contributed by atoms with Crippen molar-refractivity contribution in [3.8, 4) is 11.6 Å². The molecule has 0 aliphatic heterocycles. The van der Waals surface area contributed by atoms with E-state index in [0.717, 1.165) is 0 Å². The molecule has 14 heavy (non-hydrogen) atoms.